The number of rotatable bonds is 20. The molecule has 31 heavy (non-hydrogen) atoms. The molecule has 0 radical (unpaired) electrons. The van der Waals surface area contributed by atoms with Gasteiger partial charge in [-0.3, -0.25) is 4.79 Å². The fourth-order valence-corrected chi connectivity index (χ4v) is 3.42. The highest BCUT2D eigenvalue weighted by Gasteiger charge is 2.01. The molecule has 0 heterocycles. The molecule has 0 aliphatic heterocycles. The van der Waals surface area contributed by atoms with Crippen LogP contribution in [0.25, 0.3) is 0 Å². The molecule has 0 aromatic heterocycles. The number of hydrogen-bond donors (Lipinski definition) is 3. The number of unbranched alkanes of at least 4 members (excludes halogenated alkanes) is 14. The lowest BCUT2D eigenvalue weighted by atomic mass is 10.0. The van der Waals surface area contributed by atoms with Gasteiger partial charge in [-0.05, 0) is 6.42 Å². The van der Waals surface area contributed by atoms with Crippen LogP contribution in [-0.2, 0) is 4.79 Å². The Hall–Kier alpha value is -0.0300. The van der Waals surface area contributed by atoms with Crippen LogP contribution < -0.4 is 40.3 Å². The first kappa shape index (κ1) is 38.2. The average molecular weight is 487 g/mol. The molecule has 0 spiro atoms. The van der Waals surface area contributed by atoms with Crippen molar-refractivity contribution >= 4 is 5.91 Å². The van der Waals surface area contributed by atoms with Gasteiger partial charge >= 0.3 is 0 Å². The molecule has 192 valence electrons. The van der Waals surface area contributed by atoms with Gasteiger partial charge in [0.15, 0.2) is 0 Å². The van der Waals surface area contributed by atoms with Crippen molar-refractivity contribution in [2.24, 2.45) is 0 Å². The van der Waals surface area contributed by atoms with E-state index in [0.29, 0.717) is 6.42 Å². The molecule has 0 rings (SSSR count). The van der Waals surface area contributed by atoms with E-state index in [1.165, 1.54) is 94.8 Å². The maximum Gasteiger partial charge on any atom is 0.219 e. The van der Waals surface area contributed by atoms with E-state index in [-0.39, 0.29) is 30.7 Å². The third-order valence-corrected chi connectivity index (χ3v) is 5.18. The van der Waals surface area contributed by atoms with Crippen molar-refractivity contribution in [3.8, 4) is 0 Å². The van der Waals surface area contributed by atoms with Gasteiger partial charge in [-0.25, -0.2) is 0 Å². The van der Waals surface area contributed by atoms with Crippen LogP contribution in [0.15, 0.2) is 0 Å². The van der Waals surface area contributed by atoms with Gasteiger partial charge in [0.1, 0.15) is 0 Å². The summed E-state index contributed by atoms with van der Waals surface area (Å²) in [5.41, 5.74) is 0. The SMILES string of the molecule is CCCCCCCCCCCCCCCCCC(=O)NCCC[NH+](C)C.C[NH2+]C.[Cl-].[Cl-]. The highest BCUT2D eigenvalue weighted by Crippen LogP contribution is 2.13. The number of amides is 1. The summed E-state index contributed by atoms with van der Waals surface area (Å²) in [7, 11) is 8.30. The lowest BCUT2D eigenvalue weighted by Gasteiger charge is -2.08. The molecule has 0 atom stereocenters. The molecular formula is C25H57Cl2N3O. The van der Waals surface area contributed by atoms with Crippen LogP contribution in [0.1, 0.15) is 116 Å². The van der Waals surface area contributed by atoms with Crippen LogP contribution in [0.4, 0.5) is 0 Å². The fraction of sp³-hybridized carbons (Fsp3) is 0.960. The maximum absolute atomic E-state index is 11.7. The molecular weight excluding hydrogens is 429 g/mol. The van der Waals surface area contributed by atoms with Crippen molar-refractivity contribution in [2.45, 2.75) is 116 Å². The Balaban J connectivity index is -0.000000685. The van der Waals surface area contributed by atoms with Crippen molar-refractivity contribution in [3.63, 3.8) is 0 Å². The van der Waals surface area contributed by atoms with E-state index in [0.717, 1.165) is 25.9 Å². The average Bonchev–Trinajstić information content (AvgIpc) is 2.68. The number of hydrogen-bond acceptors (Lipinski definition) is 1. The zero-order valence-electron chi connectivity index (χ0n) is 21.7. The number of carbonyl (C=O) groups is 1. The van der Waals surface area contributed by atoms with E-state index in [9.17, 15) is 4.79 Å². The zero-order valence-corrected chi connectivity index (χ0v) is 23.2. The van der Waals surface area contributed by atoms with Crippen molar-refractivity contribution in [3.05, 3.63) is 0 Å². The first-order valence-electron chi connectivity index (χ1n) is 12.9. The predicted octanol–water partition coefficient (Wildman–Crippen LogP) is -2.28. The predicted molar refractivity (Wildman–Crippen MR) is 129 cm³/mol. The van der Waals surface area contributed by atoms with Crippen molar-refractivity contribution in [1.82, 2.24) is 5.32 Å². The summed E-state index contributed by atoms with van der Waals surface area (Å²) in [6, 6.07) is 0. The minimum atomic E-state index is 0. The molecule has 1 amide bonds. The van der Waals surface area contributed by atoms with Crippen LogP contribution in [0.3, 0.4) is 0 Å². The van der Waals surface area contributed by atoms with Gasteiger partial charge < -0.3 is 40.3 Å². The van der Waals surface area contributed by atoms with Gasteiger partial charge in [-0.1, -0.05) is 96.8 Å². The number of carbonyl (C=O) groups excluding carboxylic acids is 1. The second-order valence-electron chi connectivity index (χ2n) is 8.94. The van der Waals surface area contributed by atoms with Crippen molar-refractivity contribution in [1.29, 1.82) is 0 Å². The maximum atomic E-state index is 11.7. The summed E-state index contributed by atoms with van der Waals surface area (Å²) < 4.78 is 0. The summed E-state index contributed by atoms with van der Waals surface area (Å²) in [4.78, 5) is 13.1. The number of halogens is 2. The van der Waals surface area contributed by atoms with E-state index >= 15 is 0 Å². The largest absolute Gasteiger partial charge is 1.00 e. The van der Waals surface area contributed by atoms with Crippen LogP contribution in [0.2, 0.25) is 0 Å². The lowest BCUT2D eigenvalue weighted by molar-refractivity contribution is -0.858. The Morgan fingerprint density at radius 2 is 1.03 bits per heavy atom. The highest BCUT2D eigenvalue weighted by atomic mass is 35.5. The van der Waals surface area contributed by atoms with Crippen molar-refractivity contribution in [2.75, 3.05) is 41.3 Å². The quantitative estimate of drug-likeness (QED) is 0.167. The normalized spacial score (nSPS) is 10.0. The number of quaternary nitrogens is 2. The molecule has 0 aromatic rings. The second kappa shape index (κ2) is 34.6. The summed E-state index contributed by atoms with van der Waals surface area (Å²) in [6.45, 7) is 4.24. The molecule has 0 unspecified atom stereocenters. The first-order valence-corrected chi connectivity index (χ1v) is 12.9. The molecule has 0 aromatic carbocycles. The Morgan fingerprint density at radius 1 is 0.677 bits per heavy atom. The van der Waals surface area contributed by atoms with Crippen LogP contribution in [-0.4, -0.2) is 47.2 Å². The second-order valence-corrected chi connectivity index (χ2v) is 8.94. The summed E-state index contributed by atoms with van der Waals surface area (Å²) in [5, 5.41) is 5.04. The van der Waals surface area contributed by atoms with Crippen LogP contribution >= 0.6 is 0 Å². The minimum absolute atomic E-state index is 0. The van der Waals surface area contributed by atoms with E-state index in [4.69, 9.17) is 0 Å². The van der Waals surface area contributed by atoms with Crippen LogP contribution in [0.5, 0.6) is 0 Å². The Bertz CT molecular complexity index is 319. The highest BCUT2D eigenvalue weighted by molar-refractivity contribution is 5.75. The molecule has 6 heteroatoms. The first-order chi connectivity index (χ1) is 14.1. The molecule has 0 aliphatic carbocycles. The minimum Gasteiger partial charge on any atom is -1.00 e. The smallest absolute Gasteiger partial charge is 0.219 e. The third kappa shape index (κ3) is 40.8. The molecule has 0 bridgehead atoms. The molecule has 4 N–H and O–H groups in total. The van der Waals surface area contributed by atoms with Crippen molar-refractivity contribution < 1.29 is 39.8 Å². The number of nitrogens with two attached hydrogens (primary N) is 1. The van der Waals surface area contributed by atoms with E-state index in [1.54, 1.807) is 0 Å². The van der Waals surface area contributed by atoms with Gasteiger partial charge in [-0.2, -0.15) is 0 Å². The monoisotopic (exact) mass is 485 g/mol. The lowest BCUT2D eigenvalue weighted by Crippen LogP contribution is -3.05. The van der Waals surface area contributed by atoms with Gasteiger partial charge in [0.2, 0.25) is 5.91 Å². The number of nitrogens with one attached hydrogen (secondary N) is 2. The van der Waals surface area contributed by atoms with Gasteiger partial charge in [-0.15, -0.1) is 0 Å². The van der Waals surface area contributed by atoms with Crippen LogP contribution in [0, 0.1) is 0 Å². The summed E-state index contributed by atoms with van der Waals surface area (Å²) in [6.07, 6.45) is 22.4. The van der Waals surface area contributed by atoms with E-state index in [1.807, 2.05) is 19.4 Å². The van der Waals surface area contributed by atoms with Gasteiger partial charge in [0, 0.05) is 19.4 Å². The molecule has 0 aliphatic rings. The Labute approximate surface area is 208 Å². The fourth-order valence-electron chi connectivity index (χ4n) is 3.42. The molecule has 0 saturated heterocycles. The standard InChI is InChI=1S/C23H48N2O.C2H7N.2ClH/c1-4-5-6-7-8-9-10-11-12-13-14-15-16-17-18-20-23(26)24-21-19-22-25(2)3;1-3-2;;/h4-22H2,1-3H3,(H,24,26);3H,1-2H3;2*1H. The topological polar surface area (TPSA) is 50.1 Å². The van der Waals surface area contributed by atoms with Gasteiger partial charge in [0.25, 0.3) is 0 Å². The Kier molecular flexibility index (Phi) is 42.7. The molecule has 0 fully saturated rings. The summed E-state index contributed by atoms with van der Waals surface area (Å²) >= 11 is 0. The van der Waals surface area contributed by atoms with E-state index < -0.39 is 0 Å². The Morgan fingerprint density at radius 3 is 1.39 bits per heavy atom. The van der Waals surface area contributed by atoms with Gasteiger partial charge in [0.05, 0.1) is 34.7 Å². The van der Waals surface area contributed by atoms with E-state index in [2.05, 4.69) is 26.3 Å². The third-order valence-electron chi connectivity index (χ3n) is 5.18. The molecule has 4 nitrogen and oxygen atoms in total. The zero-order chi connectivity index (χ0) is 22.0. The molecule has 0 saturated carbocycles. The summed E-state index contributed by atoms with van der Waals surface area (Å²) in [5.74, 6) is 0.244.